The zero-order chi connectivity index (χ0) is 25.7. The number of rotatable bonds is 7. The second-order valence-corrected chi connectivity index (χ2v) is 10.8. The molecule has 0 aromatic heterocycles. The topological polar surface area (TPSA) is 56.3 Å². The van der Waals surface area contributed by atoms with Crippen LogP contribution in [0.2, 0.25) is 0 Å². The van der Waals surface area contributed by atoms with Gasteiger partial charge in [0.2, 0.25) is 11.8 Å². The summed E-state index contributed by atoms with van der Waals surface area (Å²) in [5, 5.41) is 0. The van der Waals surface area contributed by atoms with Gasteiger partial charge in [0.1, 0.15) is 5.75 Å². The third-order valence-electron chi connectivity index (χ3n) is 8.53. The lowest BCUT2D eigenvalue weighted by atomic mass is 9.78. The molecule has 37 heavy (non-hydrogen) atoms. The van der Waals surface area contributed by atoms with Gasteiger partial charge in [0.25, 0.3) is 0 Å². The molecule has 2 aromatic rings. The van der Waals surface area contributed by atoms with Crippen molar-refractivity contribution in [2.24, 2.45) is 5.41 Å². The summed E-state index contributed by atoms with van der Waals surface area (Å²) in [6, 6.07) is 18.5. The summed E-state index contributed by atoms with van der Waals surface area (Å²) < 4.78 is 5.53. The fourth-order valence-electron chi connectivity index (χ4n) is 6.35. The largest absolute Gasteiger partial charge is 0.495 e. The average molecular weight is 505 g/mol. The average Bonchev–Trinajstić information content (AvgIpc) is 3.41. The minimum Gasteiger partial charge on any atom is -0.495 e. The highest BCUT2D eigenvalue weighted by Crippen LogP contribution is 2.45. The number of nitrogens with zero attached hydrogens (tertiary/aromatic N) is 4. The monoisotopic (exact) mass is 504 g/mol. The number of carbonyl (C=O) groups is 2. The summed E-state index contributed by atoms with van der Waals surface area (Å²) in [6.07, 6.45) is 5.20. The van der Waals surface area contributed by atoms with Gasteiger partial charge in [-0.25, -0.2) is 0 Å². The molecule has 5 rings (SSSR count). The standard InChI is InChI=1S/C30H40N4O3/c1-37-27-12-6-5-11-26(27)32-17-21-34(22-18-32)29(36)24-30(13-7-8-14-30)23-28(35)33-19-15-31(16-20-33)25-9-3-2-4-10-25/h2-6,9-12H,7-8,13-24H2,1H3. The number of para-hydroxylation sites is 3. The minimum absolute atomic E-state index is 0.176. The molecular formula is C30H40N4O3. The lowest BCUT2D eigenvalue weighted by Crippen LogP contribution is -2.51. The zero-order valence-electron chi connectivity index (χ0n) is 22.1. The second kappa shape index (κ2) is 11.4. The van der Waals surface area contributed by atoms with Gasteiger partial charge in [0.15, 0.2) is 0 Å². The molecule has 0 unspecified atom stereocenters. The molecule has 0 radical (unpaired) electrons. The van der Waals surface area contributed by atoms with E-state index in [4.69, 9.17) is 4.74 Å². The summed E-state index contributed by atoms with van der Waals surface area (Å²) in [5.41, 5.74) is 2.13. The molecule has 0 spiro atoms. The van der Waals surface area contributed by atoms with Crippen molar-refractivity contribution in [3.63, 3.8) is 0 Å². The van der Waals surface area contributed by atoms with E-state index < -0.39 is 0 Å². The Bertz CT molecular complexity index is 1050. The smallest absolute Gasteiger partial charge is 0.223 e. The van der Waals surface area contributed by atoms with E-state index in [9.17, 15) is 9.59 Å². The first-order valence-electron chi connectivity index (χ1n) is 13.8. The Hall–Kier alpha value is -3.22. The van der Waals surface area contributed by atoms with Crippen molar-refractivity contribution in [3.8, 4) is 5.75 Å². The molecule has 7 nitrogen and oxygen atoms in total. The maximum absolute atomic E-state index is 13.4. The predicted molar refractivity (Wildman–Crippen MR) is 147 cm³/mol. The van der Waals surface area contributed by atoms with E-state index in [2.05, 4.69) is 40.1 Å². The molecule has 2 aromatic carbocycles. The number of amides is 2. The molecule has 198 valence electrons. The lowest BCUT2D eigenvalue weighted by molar-refractivity contribution is -0.137. The zero-order valence-corrected chi connectivity index (χ0v) is 22.1. The van der Waals surface area contributed by atoms with E-state index >= 15 is 0 Å². The first-order valence-corrected chi connectivity index (χ1v) is 13.8. The van der Waals surface area contributed by atoms with Crippen LogP contribution < -0.4 is 14.5 Å². The van der Waals surface area contributed by atoms with Gasteiger partial charge < -0.3 is 24.3 Å². The predicted octanol–water partition coefficient (Wildman–Crippen LogP) is 4.03. The summed E-state index contributed by atoms with van der Waals surface area (Å²) in [5.74, 6) is 1.31. The van der Waals surface area contributed by atoms with E-state index in [0.29, 0.717) is 25.9 Å². The Morgan fingerprint density at radius 3 is 1.78 bits per heavy atom. The SMILES string of the molecule is COc1ccccc1N1CCN(C(=O)CC2(CC(=O)N3CCN(c4ccccc4)CC3)CCCC2)CC1. The van der Waals surface area contributed by atoms with Crippen molar-refractivity contribution in [1.29, 1.82) is 0 Å². The first-order chi connectivity index (χ1) is 18.1. The van der Waals surface area contributed by atoms with Crippen LogP contribution in [-0.4, -0.2) is 81.1 Å². The molecule has 0 N–H and O–H groups in total. The van der Waals surface area contributed by atoms with Crippen molar-refractivity contribution in [1.82, 2.24) is 9.80 Å². The number of ether oxygens (including phenoxy) is 1. The molecule has 1 saturated carbocycles. The van der Waals surface area contributed by atoms with Gasteiger partial charge >= 0.3 is 0 Å². The maximum Gasteiger partial charge on any atom is 0.223 e. The van der Waals surface area contributed by atoms with Crippen molar-refractivity contribution in [2.75, 3.05) is 69.3 Å². The summed E-state index contributed by atoms with van der Waals surface area (Å²) in [7, 11) is 1.70. The Kier molecular flexibility index (Phi) is 7.87. The highest BCUT2D eigenvalue weighted by molar-refractivity contribution is 5.81. The van der Waals surface area contributed by atoms with E-state index in [1.54, 1.807) is 7.11 Å². The van der Waals surface area contributed by atoms with Crippen molar-refractivity contribution in [3.05, 3.63) is 54.6 Å². The van der Waals surface area contributed by atoms with E-state index in [1.165, 1.54) is 5.69 Å². The fraction of sp³-hybridized carbons (Fsp3) is 0.533. The van der Waals surface area contributed by atoms with Gasteiger partial charge in [0, 0.05) is 70.9 Å². The van der Waals surface area contributed by atoms with Crippen LogP contribution in [0.4, 0.5) is 11.4 Å². The highest BCUT2D eigenvalue weighted by Gasteiger charge is 2.40. The van der Waals surface area contributed by atoms with Crippen LogP contribution in [0.15, 0.2) is 54.6 Å². The molecule has 2 aliphatic heterocycles. The first kappa shape index (κ1) is 25.4. The van der Waals surface area contributed by atoms with Gasteiger partial charge in [-0.2, -0.15) is 0 Å². The van der Waals surface area contributed by atoms with Crippen molar-refractivity contribution >= 4 is 23.2 Å². The normalized spacial score (nSPS) is 19.7. The number of hydrogen-bond acceptors (Lipinski definition) is 5. The van der Waals surface area contributed by atoms with Gasteiger partial charge in [-0.05, 0) is 42.5 Å². The minimum atomic E-state index is -0.176. The van der Waals surface area contributed by atoms with Crippen LogP contribution in [0.3, 0.4) is 0 Å². The van der Waals surface area contributed by atoms with Gasteiger partial charge in [-0.15, -0.1) is 0 Å². The van der Waals surface area contributed by atoms with E-state index in [0.717, 1.165) is 76.4 Å². The fourth-order valence-corrected chi connectivity index (χ4v) is 6.35. The molecule has 0 bridgehead atoms. The molecular weight excluding hydrogens is 464 g/mol. The summed E-state index contributed by atoms with van der Waals surface area (Å²) in [4.78, 5) is 35.5. The number of hydrogen-bond donors (Lipinski definition) is 0. The van der Waals surface area contributed by atoms with Gasteiger partial charge in [0.05, 0.1) is 12.8 Å². The number of methoxy groups -OCH3 is 1. The Balaban J connectivity index is 1.14. The Morgan fingerprint density at radius 2 is 1.22 bits per heavy atom. The number of piperazine rings is 2. The van der Waals surface area contributed by atoms with Gasteiger partial charge in [-0.3, -0.25) is 9.59 Å². The maximum atomic E-state index is 13.4. The third-order valence-corrected chi connectivity index (χ3v) is 8.53. The van der Waals surface area contributed by atoms with Crippen LogP contribution in [0.1, 0.15) is 38.5 Å². The van der Waals surface area contributed by atoms with Gasteiger partial charge in [-0.1, -0.05) is 43.2 Å². The number of anilines is 2. The quantitative estimate of drug-likeness (QED) is 0.570. The van der Waals surface area contributed by atoms with Crippen molar-refractivity contribution in [2.45, 2.75) is 38.5 Å². The molecule has 1 aliphatic carbocycles. The molecule has 3 aliphatic rings. The van der Waals surface area contributed by atoms with E-state index in [1.807, 2.05) is 34.1 Å². The van der Waals surface area contributed by atoms with Crippen LogP contribution in [0.5, 0.6) is 5.75 Å². The lowest BCUT2D eigenvalue weighted by Gasteiger charge is -2.40. The van der Waals surface area contributed by atoms with Crippen molar-refractivity contribution < 1.29 is 14.3 Å². The van der Waals surface area contributed by atoms with Crippen LogP contribution in [0.25, 0.3) is 0 Å². The summed E-state index contributed by atoms with van der Waals surface area (Å²) in [6.45, 7) is 6.24. The molecule has 2 saturated heterocycles. The Morgan fingerprint density at radius 1 is 0.703 bits per heavy atom. The molecule has 3 fully saturated rings. The number of carbonyl (C=O) groups excluding carboxylic acids is 2. The van der Waals surface area contributed by atoms with Crippen LogP contribution in [-0.2, 0) is 9.59 Å². The summed E-state index contributed by atoms with van der Waals surface area (Å²) >= 11 is 0. The number of benzene rings is 2. The van der Waals surface area contributed by atoms with Crippen LogP contribution >= 0.6 is 0 Å². The molecule has 2 amide bonds. The third kappa shape index (κ3) is 5.86. The van der Waals surface area contributed by atoms with E-state index in [-0.39, 0.29) is 17.2 Å². The highest BCUT2D eigenvalue weighted by atomic mass is 16.5. The molecule has 2 heterocycles. The second-order valence-electron chi connectivity index (χ2n) is 10.8. The molecule has 7 heteroatoms. The Labute approximate surface area is 221 Å². The van der Waals surface area contributed by atoms with Crippen LogP contribution in [0, 0.1) is 5.41 Å². The molecule has 0 atom stereocenters.